The zero-order valence-electron chi connectivity index (χ0n) is 12.4. The Morgan fingerprint density at radius 3 is 2.50 bits per heavy atom. The van der Waals surface area contributed by atoms with Gasteiger partial charge in [0.2, 0.25) is 5.91 Å². The maximum atomic E-state index is 13.3. The van der Waals surface area contributed by atoms with Gasteiger partial charge in [0.05, 0.1) is 22.8 Å². The lowest BCUT2D eigenvalue weighted by atomic mass is 10.2. The van der Waals surface area contributed by atoms with Crippen molar-refractivity contribution in [2.45, 2.75) is 0 Å². The molecule has 2 aromatic carbocycles. The quantitative estimate of drug-likeness (QED) is 0.762. The summed E-state index contributed by atoms with van der Waals surface area (Å²) in [6.07, 6.45) is 0. The number of anilines is 1. The second-order valence-corrected chi connectivity index (χ2v) is 6.20. The first-order valence-electron chi connectivity index (χ1n) is 6.74. The molecule has 0 aliphatic heterocycles. The predicted molar refractivity (Wildman–Crippen MR) is 91.1 cm³/mol. The molecule has 1 N–H and O–H groups in total. The van der Waals surface area contributed by atoms with Crippen LogP contribution in [0.3, 0.4) is 0 Å². The van der Waals surface area contributed by atoms with Crippen LogP contribution >= 0.6 is 27.5 Å². The number of para-hydroxylation sites is 1. The summed E-state index contributed by atoms with van der Waals surface area (Å²) in [4.78, 5) is 25.3. The van der Waals surface area contributed by atoms with Gasteiger partial charge >= 0.3 is 0 Å². The van der Waals surface area contributed by atoms with Crippen LogP contribution in [0.4, 0.5) is 14.5 Å². The third kappa shape index (κ3) is 4.30. The van der Waals surface area contributed by atoms with Crippen molar-refractivity contribution in [3.63, 3.8) is 0 Å². The minimum Gasteiger partial charge on any atom is -0.332 e. The van der Waals surface area contributed by atoms with E-state index in [-0.39, 0.29) is 17.1 Å². The van der Waals surface area contributed by atoms with E-state index in [1.807, 2.05) is 0 Å². The van der Waals surface area contributed by atoms with Gasteiger partial charge in [-0.05, 0) is 40.2 Å². The first-order valence-corrected chi connectivity index (χ1v) is 7.91. The molecule has 2 rings (SSSR count). The maximum absolute atomic E-state index is 13.3. The first-order chi connectivity index (χ1) is 11.3. The van der Waals surface area contributed by atoms with Crippen molar-refractivity contribution in [3.8, 4) is 0 Å². The number of nitrogens with zero attached hydrogens (tertiary/aromatic N) is 1. The highest BCUT2D eigenvalue weighted by molar-refractivity contribution is 9.10. The van der Waals surface area contributed by atoms with Crippen molar-refractivity contribution >= 4 is 45.0 Å². The maximum Gasteiger partial charge on any atom is 0.255 e. The van der Waals surface area contributed by atoms with Crippen LogP contribution in [0.2, 0.25) is 5.02 Å². The number of halogens is 4. The number of hydrogen-bond acceptors (Lipinski definition) is 2. The van der Waals surface area contributed by atoms with Gasteiger partial charge in [-0.3, -0.25) is 9.59 Å². The molecule has 24 heavy (non-hydrogen) atoms. The van der Waals surface area contributed by atoms with Gasteiger partial charge in [-0.1, -0.05) is 23.7 Å². The van der Waals surface area contributed by atoms with E-state index in [2.05, 4.69) is 21.2 Å². The zero-order chi connectivity index (χ0) is 17.9. The van der Waals surface area contributed by atoms with Gasteiger partial charge in [-0.15, -0.1) is 0 Å². The molecular formula is C16H12BrClF2N2O2. The van der Waals surface area contributed by atoms with Crippen LogP contribution in [-0.2, 0) is 4.79 Å². The zero-order valence-corrected chi connectivity index (χ0v) is 14.8. The van der Waals surface area contributed by atoms with E-state index in [1.54, 1.807) is 24.3 Å². The molecule has 0 aromatic heterocycles. The van der Waals surface area contributed by atoms with Crippen LogP contribution in [0.1, 0.15) is 10.4 Å². The molecule has 0 heterocycles. The first kappa shape index (κ1) is 18.4. The Morgan fingerprint density at radius 1 is 1.21 bits per heavy atom. The highest BCUT2D eigenvalue weighted by atomic mass is 79.9. The van der Waals surface area contributed by atoms with E-state index >= 15 is 0 Å². The van der Waals surface area contributed by atoms with Crippen molar-refractivity contribution in [3.05, 3.63) is 63.1 Å². The number of carbonyl (C=O) groups is 2. The van der Waals surface area contributed by atoms with Gasteiger partial charge in [0.25, 0.3) is 5.91 Å². The van der Waals surface area contributed by atoms with Crippen LogP contribution in [0.5, 0.6) is 0 Å². The van der Waals surface area contributed by atoms with Gasteiger partial charge in [-0.25, -0.2) is 8.78 Å². The average Bonchev–Trinajstić information content (AvgIpc) is 2.52. The van der Waals surface area contributed by atoms with Gasteiger partial charge in [0, 0.05) is 11.5 Å². The summed E-state index contributed by atoms with van der Waals surface area (Å²) in [5.41, 5.74) is 0.334. The average molecular weight is 418 g/mol. The number of rotatable bonds is 4. The molecule has 0 spiro atoms. The summed E-state index contributed by atoms with van der Waals surface area (Å²) in [6, 6.07) is 8.42. The molecule has 0 saturated carbocycles. The van der Waals surface area contributed by atoms with Gasteiger partial charge in [0.15, 0.2) is 11.6 Å². The fourth-order valence-corrected chi connectivity index (χ4v) is 2.55. The third-order valence-electron chi connectivity index (χ3n) is 3.12. The minimum absolute atomic E-state index is 0.216. The lowest BCUT2D eigenvalue weighted by Gasteiger charge is -2.18. The number of hydrogen-bond donors (Lipinski definition) is 1. The molecule has 2 amide bonds. The summed E-state index contributed by atoms with van der Waals surface area (Å²) in [5.74, 6) is -3.47. The third-order valence-corrected chi connectivity index (χ3v) is 4.12. The van der Waals surface area contributed by atoms with Crippen LogP contribution in [0.25, 0.3) is 0 Å². The van der Waals surface area contributed by atoms with Gasteiger partial charge in [0.1, 0.15) is 0 Å². The summed E-state index contributed by atoms with van der Waals surface area (Å²) in [6.45, 7) is -0.282. The van der Waals surface area contributed by atoms with Crippen LogP contribution < -0.4 is 5.32 Å². The lowest BCUT2D eigenvalue weighted by molar-refractivity contribution is -0.116. The van der Waals surface area contributed by atoms with E-state index in [0.29, 0.717) is 16.2 Å². The Morgan fingerprint density at radius 2 is 1.83 bits per heavy atom. The lowest BCUT2D eigenvalue weighted by Crippen LogP contribution is -2.35. The molecule has 0 unspecified atom stereocenters. The minimum atomic E-state index is -1.19. The molecule has 0 atom stereocenters. The van der Waals surface area contributed by atoms with Crippen LogP contribution in [0, 0.1) is 11.6 Å². The normalized spacial score (nSPS) is 10.4. The van der Waals surface area contributed by atoms with E-state index in [9.17, 15) is 18.4 Å². The van der Waals surface area contributed by atoms with Gasteiger partial charge < -0.3 is 10.2 Å². The molecule has 0 bridgehead atoms. The molecule has 126 valence electrons. The fraction of sp³-hybridized carbons (Fsp3) is 0.125. The Bertz CT molecular complexity index is 802. The topological polar surface area (TPSA) is 49.4 Å². The largest absolute Gasteiger partial charge is 0.332 e. The molecule has 8 heteroatoms. The van der Waals surface area contributed by atoms with Crippen molar-refractivity contribution < 1.29 is 18.4 Å². The number of carbonyl (C=O) groups excluding carboxylic acids is 2. The van der Waals surface area contributed by atoms with Gasteiger partial charge in [-0.2, -0.15) is 0 Å². The molecule has 0 aliphatic carbocycles. The Kier molecular flexibility index (Phi) is 5.90. The molecule has 0 radical (unpaired) electrons. The highest BCUT2D eigenvalue weighted by Gasteiger charge is 2.20. The fourth-order valence-electron chi connectivity index (χ4n) is 1.93. The second kappa shape index (κ2) is 7.72. The van der Waals surface area contributed by atoms with Crippen LogP contribution in [-0.4, -0.2) is 30.3 Å². The monoisotopic (exact) mass is 416 g/mol. The molecule has 4 nitrogen and oxygen atoms in total. The standard InChI is InChI=1S/C16H12BrClF2N2O2/c1-22(8-15(23)21-14-5-3-2-4-10(14)17)16(24)9-6-12(19)13(20)7-11(9)18/h2-7H,8H2,1H3,(H,21,23). The second-order valence-electron chi connectivity index (χ2n) is 4.94. The summed E-state index contributed by atoms with van der Waals surface area (Å²) >= 11 is 9.06. The van der Waals surface area contributed by atoms with Crippen molar-refractivity contribution in [1.82, 2.24) is 4.90 Å². The van der Waals surface area contributed by atoms with E-state index in [1.165, 1.54) is 7.05 Å². The summed E-state index contributed by atoms with van der Waals surface area (Å²) < 4.78 is 27.0. The highest BCUT2D eigenvalue weighted by Crippen LogP contribution is 2.22. The molecule has 0 saturated heterocycles. The Hall–Kier alpha value is -1.99. The van der Waals surface area contributed by atoms with Crippen molar-refractivity contribution in [2.24, 2.45) is 0 Å². The van der Waals surface area contributed by atoms with E-state index < -0.39 is 23.4 Å². The molecular weight excluding hydrogens is 406 g/mol. The van der Waals surface area contributed by atoms with E-state index in [0.717, 1.165) is 11.0 Å². The number of nitrogens with one attached hydrogen (secondary N) is 1. The molecule has 2 aromatic rings. The smallest absolute Gasteiger partial charge is 0.255 e. The SMILES string of the molecule is CN(CC(=O)Nc1ccccc1Br)C(=O)c1cc(F)c(F)cc1Cl. The van der Waals surface area contributed by atoms with E-state index in [4.69, 9.17) is 11.6 Å². The number of likely N-dealkylation sites (N-methyl/N-ethyl adjacent to an activating group) is 1. The van der Waals surface area contributed by atoms with Crippen molar-refractivity contribution in [1.29, 1.82) is 0 Å². The van der Waals surface area contributed by atoms with Crippen LogP contribution in [0.15, 0.2) is 40.9 Å². The predicted octanol–water partition coefficient (Wildman–Crippen LogP) is 4.09. The molecule has 0 fully saturated rings. The summed E-state index contributed by atoms with van der Waals surface area (Å²) in [5, 5.41) is 2.41. The Balaban J connectivity index is 2.08. The molecule has 0 aliphatic rings. The number of benzene rings is 2. The Labute approximate surface area is 150 Å². The summed E-state index contributed by atoms with van der Waals surface area (Å²) in [7, 11) is 1.36. The number of amides is 2. The van der Waals surface area contributed by atoms with Crippen molar-refractivity contribution in [2.75, 3.05) is 18.9 Å².